The molecule has 1 N–H and O–H groups in total. The average molecular weight is 312 g/mol. The van der Waals surface area contributed by atoms with Gasteiger partial charge in [0.1, 0.15) is 5.82 Å². The highest BCUT2D eigenvalue weighted by Gasteiger charge is 2.08. The Morgan fingerprint density at radius 3 is 2.89 bits per heavy atom. The minimum Gasteiger partial charge on any atom is -0.316 e. The number of nitrogens with one attached hydrogen (secondary N) is 1. The second kappa shape index (κ2) is 5.63. The van der Waals surface area contributed by atoms with Gasteiger partial charge < -0.3 is 5.32 Å². The predicted molar refractivity (Wildman–Crippen MR) is 72.9 cm³/mol. The summed E-state index contributed by atoms with van der Waals surface area (Å²) in [5.41, 5.74) is 3.04. The van der Waals surface area contributed by atoms with Gasteiger partial charge in [-0.1, -0.05) is 12.1 Å². The summed E-state index contributed by atoms with van der Waals surface area (Å²) < 4.78 is 15.7. The smallest absolute Gasteiger partial charge is 0.137 e. The Bertz CT molecular complexity index is 551. The summed E-state index contributed by atoms with van der Waals surface area (Å²) in [6.45, 7) is 3.32. The molecule has 2 aromatic rings. The summed E-state index contributed by atoms with van der Waals surface area (Å²) in [5.74, 6) is -0.244. The van der Waals surface area contributed by atoms with Gasteiger partial charge >= 0.3 is 0 Å². The van der Waals surface area contributed by atoms with E-state index in [1.807, 2.05) is 30.9 Å². The van der Waals surface area contributed by atoms with E-state index in [2.05, 4.69) is 26.3 Å². The molecule has 0 unspecified atom stereocenters. The predicted octanol–water partition coefficient (Wildman–Crippen LogP) is 2.86. The van der Waals surface area contributed by atoms with Gasteiger partial charge in [0.05, 0.1) is 16.7 Å². The van der Waals surface area contributed by atoms with Gasteiger partial charge in [-0.25, -0.2) is 4.39 Å². The fourth-order valence-corrected chi connectivity index (χ4v) is 2.24. The molecule has 0 aliphatic heterocycles. The van der Waals surface area contributed by atoms with E-state index < -0.39 is 0 Å². The number of benzene rings is 1. The van der Waals surface area contributed by atoms with Crippen molar-refractivity contribution in [3.63, 3.8) is 0 Å². The molecule has 18 heavy (non-hydrogen) atoms. The molecule has 2 rings (SSSR count). The molecular weight excluding hydrogens is 297 g/mol. The molecule has 96 valence electrons. The number of halogens is 2. The van der Waals surface area contributed by atoms with Crippen LogP contribution in [0.15, 0.2) is 28.9 Å². The summed E-state index contributed by atoms with van der Waals surface area (Å²) in [5, 5.41) is 7.53. The van der Waals surface area contributed by atoms with E-state index >= 15 is 0 Å². The van der Waals surface area contributed by atoms with Crippen molar-refractivity contribution in [3.05, 3.63) is 51.5 Å². The maximum Gasteiger partial charge on any atom is 0.137 e. The lowest BCUT2D eigenvalue weighted by molar-refractivity contribution is 0.610. The first kappa shape index (κ1) is 13.2. The van der Waals surface area contributed by atoms with Gasteiger partial charge in [-0.3, -0.25) is 4.68 Å². The lowest BCUT2D eigenvalue weighted by atomic mass is 10.2. The van der Waals surface area contributed by atoms with Crippen LogP contribution < -0.4 is 5.32 Å². The van der Waals surface area contributed by atoms with Crippen molar-refractivity contribution in [2.75, 3.05) is 7.05 Å². The Morgan fingerprint density at radius 2 is 2.17 bits per heavy atom. The van der Waals surface area contributed by atoms with Crippen LogP contribution >= 0.6 is 15.9 Å². The van der Waals surface area contributed by atoms with Crippen molar-refractivity contribution in [2.24, 2.45) is 0 Å². The Balaban J connectivity index is 2.23. The van der Waals surface area contributed by atoms with Crippen LogP contribution in [-0.2, 0) is 13.1 Å². The van der Waals surface area contributed by atoms with Crippen molar-refractivity contribution >= 4 is 15.9 Å². The molecule has 0 spiro atoms. The Labute approximate surface area is 114 Å². The first-order valence-electron chi connectivity index (χ1n) is 5.72. The van der Waals surface area contributed by atoms with Crippen molar-refractivity contribution in [1.29, 1.82) is 0 Å². The van der Waals surface area contributed by atoms with Crippen LogP contribution in [0.5, 0.6) is 0 Å². The topological polar surface area (TPSA) is 29.9 Å². The third-order valence-corrected chi connectivity index (χ3v) is 3.67. The summed E-state index contributed by atoms with van der Waals surface area (Å²) in [7, 11) is 1.90. The standard InChI is InChI=1S/C13H15BrFN3/c1-9-11(6-16-2)8-18(17-9)7-10-4-3-5-12(15)13(10)14/h3-5,8,16H,6-7H2,1-2H3. The molecule has 0 saturated carbocycles. The fraction of sp³-hybridized carbons (Fsp3) is 0.308. The van der Waals surface area contributed by atoms with Gasteiger partial charge in [-0.2, -0.15) is 5.10 Å². The molecule has 0 aliphatic carbocycles. The normalized spacial score (nSPS) is 10.9. The average Bonchev–Trinajstić information content (AvgIpc) is 2.66. The third-order valence-electron chi connectivity index (χ3n) is 2.78. The monoisotopic (exact) mass is 311 g/mol. The highest BCUT2D eigenvalue weighted by atomic mass is 79.9. The molecule has 0 radical (unpaired) electrons. The lowest BCUT2D eigenvalue weighted by Gasteiger charge is -2.05. The third kappa shape index (κ3) is 2.79. The zero-order valence-corrected chi connectivity index (χ0v) is 12.0. The van der Waals surface area contributed by atoms with Gasteiger partial charge in [0.25, 0.3) is 0 Å². The SMILES string of the molecule is CNCc1cn(Cc2cccc(F)c2Br)nc1C. The van der Waals surface area contributed by atoms with Crippen LogP contribution in [0, 0.1) is 12.7 Å². The quantitative estimate of drug-likeness (QED) is 0.941. The number of hydrogen-bond acceptors (Lipinski definition) is 2. The van der Waals surface area contributed by atoms with Crippen LogP contribution in [0.1, 0.15) is 16.8 Å². The minimum atomic E-state index is -0.244. The first-order chi connectivity index (χ1) is 8.61. The van der Waals surface area contributed by atoms with Gasteiger partial charge in [0.2, 0.25) is 0 Å². The largest absolute Gasteiger partial charge is 0.316 e. The maximum absolute atomic E-state index is 13.4. The van der Waals surface area contributed by atoms with E-state index in [9.17, 15) is 4.39 Å². The van der Waals surface area contributed by atoms with E-state index in [4.69, 9.17) is 0 Å². The molecule has 0 saturated heterocycles. The molecule has 1 aromatic carbocycles. The second-order valence-electron chi connectivity index (χ2n) is 4.18. The Morgan fingerprint density at radius 1 is 1.39 bits per heavy atom. The van der Waals surface area contributed by atoms with Crippen molar-refractivity contribution in [1.82, 2.24) is 15.1 Å². The maximum atomic E-state index is 13.4. The number of rotatable bonds is 4. The van der Waals surface area contributed by atoms with Gasteiger partial charge in [-0.05, 0) is 41.5 Å². The molecule has 5 heteroatoms. The molecule has 1 aromatic heterocycles. The summed E-state index contributed by atoms with van der Waals surface area (Å²) >= 11 is 3.27. The minimum absolute atomic E-state index is 0.244. The molecule has 0 atom stereocenters. The molecule has 0 fully saturated rings. The fourth-order valence-electron chi connectivity index (χ4n) is 1.85. The van der Waals surface area contributed by atoms with E-state index in [-0.39, 0.29) is 5.82 Å². The van der Waals surface area contributed by atoms with Crippen molar-refractivity contribution in [3.8, 4) is 0 Å². The summed E-state index contributed by atoms with van der Waals surface area (Å²) in [6, 6.07) is 5.04. The van der Waals surface area contributed by atoms with Gasteiger partial charge in [-0.15, -0.1) is 0 Å². The lowest BCUT2D eigenvalue weighted by Crippen LogP contribution is -2.05. The summed E-state index contributed by atoms with van der Waals surface area (Å²) in [4.78, 5) is 0. The second-order valence-corrected chi connectivity index (χ2v) is 4.97. The van der Waals surface area contributed by atoms with E-state index in [0.717, 1.165) is 23.4 Å². The first-order valence-corrected chi connectivity index (χ1v) is 6.51. The van der Waals surface area contributed by atoms with Crippen molar-refractivity contribution in [2.45, 2.75) is 20.0 Å². The Kier molecular flexibility index (Phi) is 4.14. The molecule has 0 amide bonds. The van der Waals surface area contributed by atoms with Crippen LogP contribution in [0.25, 0.3) is 0 Å². The van der Waals surface area contributed by atoms with E-state index in [1.54, 1.807) is 6.07 Å². The van der Waals surface area contributed by atoms with Gasteiger partial charge in [0, 0.05) is 18.3 Å². The zero-order chi connectivity index (χ0) is 13.1. The van der Waals surface area contributed by atoms with E-state index in [0.29, 0.717) is 11.0 Å². The number of aromatic nitrogens is 2. The molecule has 1 heterocycles. The summed E-state index contributed by atoms with van der Waals surface area (Å²) in [6.07, 6.45) is 1.99. The van der Waals surface area contributed by atoms with Crippen molar-refractivity contribution < 1.29 is 4.39 Å². The molecule has 0 bridgehead atoms. The van der Waals surface area contributed by atoms with Gasteiger partial charge in [0.15, 0.2) is 0 Å². The highest BCUT2D eigenvalue weighted by Crippen LogP contribution is 2.21. The van der Waals surface area contributed by atoms with Crippen LogP contribution in [0.2, 0.25) is 0 Å². The van der Waals surface area contributed by atoms with Crippen LogP contribution in [-0.4, -0.2) is 16.8 Å². The number of hydrogen-bond donors (Lipinski definition) is 1. The zero-order valence-electron chi connectivity index (χ0n) is 10.4. The number of aryl methyl sites for hydroxylation is 1. The highest BCUT2D eigenvalue weighted by molar-refractivity contribution is 9.10. The molecular formula is C13H15BrFN3. The molecule has 3 nitrogen and oxygen atoms in total. The number of nitrogens with zero attached hydrogens (tertiary/aromatic N) is 2. The van der Waals surface area contributed by atoms with Crippen LogP contribution in [0.4, 0.5) is 4.39 Å². The van der Waals surface area contributed by atoms with Crippen LogP contribution in [0.3, 0.4) is 0 Å². The molecule has 0 aliphatic rings. The Hall–Kier alpha value is -1.20. The van der Waals surface area contributed by atoms with E-state index in [1.165, 1.54) is 6.07 Å².